The van der Waals surface area contributed by atoms with Crippen molar-refractivity contribution < 1.29 is 19.5 Å². The molecule has 2 fully saturated rings. The molecule has 6 rings (SSSR count). The number of methoxy groups -OCH3 is 1. The first kappa shape index (κ1) is 31.9. The van der Waals surface area contributed by atoms with E-state index in [0.29, 0.717) is 66.1 Å². The minimum Gasteiger partial charge on any atom is -0.496 e. The van der Waals surface area contributed by atoms with Gasteiger partial charge in [0.2, 0.25) is 0 Å². The number of tetrazole rings is 1. The van der Waals surface area contributed by atoms with Crippen molar-refractivity contribution >= 4 is 35.0 Å². The van der Waals surface area contributed by atoms with Gasteiger partial charge in [0.1, 0.15) is 12.1 Å². The zero-order chi connectivity index (χ0) is 32.3. The maximum Gasteiger partial charge on any atom is 0.257 e. The molecule has 4 heterocycles. The molecule has 0 spiro atoms. The molecule has 0 saturated carbocycles. The Kier molecular flexibility index (Phi) is 9.23. The number of halogens is 2. The molecule has 1 atom stereocenters. The molecule has 2 aromatic heterocycles. The SMILES string of the molecule is COc1ccc(-n2cnnn2)cc1C(=O)N1CC[C@@](CCN2CCC(C(=O)NO)(c3cccnc3)CC2)(c2ccc(Cl)c(Cl)c2)C1. The fraction of sp³-hybridized carbons (Fsp3) is 0.375. The number of carbonyl (C=O) groups excluding carboxylic acids is 2. The first-order chi connectivity index (χ1) is 22.3. The molecule has 240 valence electrons. The van der Waals surface area contributed by atoms with E-state index in [1.165, 1.54) is 11.0 Å². The first-order valence-electron chi connectivity index (χ1n) is 15.0. The lowest BCUT2D eigenvalue weighted by molar-refractivity contribution is -0.137. The van der Waals surface area contributed by atoms with Gasteiger partial charge in [-0.1, -0.05) is 35.3 Å². The number of hydrogen-bond donors (Lipinski definition) is 2. The first-order valence-corrected chi connectivity index (χ1v) is 15.8. The van der Waals surface area contributed by atoms with Crippen molar-refractivity contribution in [1.29, 1.82) is 0 Å². The van der Waals surface area contributed by atoms with Crippen LogP contribution in [0.15, 0.2) is 67.3 Å². The average molecular weight is 666 g/mol. The molecule has 2 aromatic carbocycles. The molecule has 4 aromatic rings. The summed E-state index contributed by atoms with van der Waals surface area (Å²) in [7, 11) is 1.54. The number of benzene rings is 2. The molecule has 12 nitrogen and oxygen atoms in total. The van der Waals surface area contributed by atoms with Crippen molar-refractivity contribution in [2.45, 2.75) is 36.5 Å². The van der Waals surface area contributed by atoms with E-state index < -0.39 is 11.3 Å². The van der Waals surface area contributed by atoms with Gasteiger partial charge in [0, 0.05) is 30.9 Å². The highest BCUT2D eigenvalue weighted by Gasteiger charge is 2.45. The Labute approximate surface area is 276 Å². The topological polar surface area (TPSA) is 139 Å². The number of carbonyl (C=O) groups is 2. The highest BCUT2D eigenvalue weighted by atomic mass is 35.5. The van der Waals surface area contributed by atoms with Gasteiger partial charge in [-0.05, 0) is 103 Å². The summed E-state index contributed by atoms with van der Waals surface area (Å²) in [6.45, 7) is 3.07. The van der Waals surface area contributed by atoms with Gasteiger partial charge in [-0.3, -0.25) is 19.8 Å². The highest BCUT2D eigenvalue weighted by Crippen LogP contribution is 2.42. The molecule has 2 N–H and O–H groups in total. The van der Waals surface area contributed by atoms with Gasteiger partial charge >= 0.3 is 0 Å². The standard InChI is InChI=1S/C32H34Cl2N8O4/c1-46-28-7-5-24(42-21-36-38-39-42)18-25(28)29(43)41-16-9-31(20-41,22-4-6-26(33)27(34)17-22)8-13-40-14-10-32(11-15-40,30(44)37-45)23-3-2-12-35-19-23/h2-7,12,17-19,21,45H,8-11,13-16,20H2,1H3,(H,37,44)/t31-/m1/s1. The number of ether oxygens (including phenoxy) is 1. The molecular weight excluding hydrogens is 631 g/mol. The fourth-order valence-corrected chi connectivity index (χ4v) is 7.14. The second-order valence-electron chi connectivity index (χ2n) is 11.9. The highest BCUT2D eigenvalue weighted by molar-refractivity contribution is 6.42. The van der Waals surface area contributed by atoms with E-state index in [9.17, 15) is 14.8 Å². The third-order valence-electron chi connectivity index (χ3n) is 9.57. The van der Waals surface area contributed by atoms with Crippen LogP contribution >= 0.6 is 23.2 Å². The van der Waals surface area contributed by atoms with Gasteiger partial charge in [-0.15, -0.1) is 5.10 Å². The Balaban J connectivity index is 1.23. The van der Waals surface area contributed by atoms with Crippen molar-refractivity contribution in [3.63, 3.8) is 0 Å². The Bertz CT molecular complexity index is 1700. The predicted molar refractivity (Wildman–Crippen MR) is 171 cm³/mol. The second-order valence-corrected chi connectivity index (χ2v) is 12.7. The molecule has 0 unspecified atom stereocenters. The number of pyridine rings is 1. The predicted octanol–water partition coefficient (Wildman–Crippen LogP) is 4.09. The Morgan fingerprint density at radius 3 is 2.52 bits per heavy atom. The monoisotopic (exact) mass is 664 g/mol. The lowest BCUT2D eigenvalue weighted by Crippen LogP contribution is -2.51. The Hall–Kier alpha value is -4.10. The van der Waals surface area contributed by atoms with Crippen LogP contribution in [0, 0.1) is 0 Å². The maximum absolute atomic E-state index is 14.1. The largest absolute Gasteiger partial charge is 0.496 e. The number of hydroxylamine groups is 1. The van der Waals surface area contributed by atoms with Crippen LogP contribution in [0.5, 0.6) is 5.75 Å². The number of nitrogens with one attached hydrogen (secondary N) is 1. The summed E-state index contributed by atoms with van der Waals surface area (Å²) in [6, 6.07) is 14.7. The van der Waals surface area contributed by atoms with Crippen LogP contribution in [0.25, 0.3) is 5.69 Å². The van der Waals surface area contributed by atoms with Gasteiger partial charge in [0.05, 0.1) is 33.8 Å². The normalized spacial score (nSPS) is 19.6. The molecule has 46 heavy (non-hydrogen) atoms. The van der Waals surface area contributed by atoms with Gasteiger partial charge in [-0.2, -0.15) is 0 Å². The van der Waals surface area contributed by atoms with E-state index in [2.05, 4.69) is 25.4 Å². The molecule has 2 amide bonds. The summed E-state index contributed by atoms with van der Waals surface area (Å²) in [5, 5.41) is 21.9. The number of aromatic nitrogens is 5. The zero-order valence-corrected chi connectivity index (χ0v) is 26.8. The van der Waals surface area contributed by atoms with Crippen molar-refractivity contribution in [2.24, 2.45) is 0 Å². The Morgan fingerprint density at radius 2 is 1.85 bits per heavy atom. The molecular formula is C32H34Cl2N8O4. The minimum atomic E-state index is -0.854. The van der Waals surface area contributed by atoms with Crippen molar-refractivity contribution in [3.8, 4) is 11.4 Å². The lowest BCUT2D eigenvalue weighted by atomic mass is 9.72. The molecule has 14 heteroatoms. The van der Waals surface area contributed by atoms with Crippen molar-refractivity contribution in [3.05, 3.63) is 94.0 Å². The van der Waals surface area contributed by atoms with E-state index in [-0.39, 0.29) is 11.3 Å². The number of likely N-dealkylation sites (tertiary alicyclic amines) is 2. The maximum atomic E-state index is 14.1. The van der Waals surface area contributed by atoms with Crippen LogP contribution in [0.1, 0.15) is 47.2 Å². The molecule has 0 aliphatic carbocycles. The van der Waals surface area contributed by atoms with Crippen molar-refractivity contribution in [2.75, 3.05) is 39.8 Å². The Morgan fingerprint density at radius 1 is 1.02 bits per heavy atom. The zero-order valence-electron chi connectivity index (χ0n) is 25.3. The smallest absolute Gasteiger partial charge is 0.257 e. The lowest BCUT2D eigenvalue weighted by Gasteiger charge is -2.41. The van der Waals surface area contributed by atoms with E-state index in [4.69, 9.17) is 27.9 Å². The van der Waals surface area contributed by atoms with E-state index in [1.807, 2.05) is 28.6 Å². The molecule has 0 bridgehead atoms. The summed E-state index contributed by atoms with van der Waals surface area (Å²) < 4.78 is 7.06. The second kappa shape index (κ2) is 13.3. The summed E-state index contributed by atoms with van der Waals surface area (Å²) >= 11 is 12.8. The van der Waals surface area contributed by atoms with Crippen molar-refractivity contribution in [1.82, 2.24) is 40.5 Å². The van der Waals surface area contributed by atoms with Gasteiger partial charge in [0.25, 0.3) is 11.8 Å². The number of piperidine rings is 1. The van der Waals surface area contributed by atoms with E-state index in [1.54, 1.807) is 49.8 Å². The third kappa shape index (κ3) is 6.05. The van der Waals surface area contributed by atoms with Gasteiger partial charge in [0.15, 0.2) is 0 Å². The molecule has 0 radical (unpaired) electrons. The molecule has 2 aliphatic heterocycles. The van der Waals surface area contributed by atoms with Crippen LogP contribution < -0.4 is 10.2 Å². The van der Waals surface area contributed by atoms with Crippen LogP contribution in [0.2, 0.25) is 10.0 Å². The summed E-state index contributed by atoms with van der Waals surface area (Å²) in [4.78, 5) is 35.4. The van der Waals surface area contributed by atoms with Crippen LogP contribution in [0.4, 0.5) is 0 Å². The third-order valence-corrected chi connectivity index (χ3v) is 10.3. The number of nitrogens with zero attached hydrogens (tertiary/aromatic N) is 7. The number of hydrogen-bond acceptors (Lipinski definition) is 9. The van der Waals surface area contributed by atoms with Crippen LogP contribution in [0.3, 0.4) is 0 Å². The average Bonchev–Trinajstić information content (AvgIpc) is 3.80. The summed E-state index contributed by atoms with van der Waals surface area (Å²) in [6.07, 6.45) is 7.39. The summed E-state index contributed by atoms with van der Waals surface area (Å²) in [5.41, 5.74) is 3.53. The summed E-state index contributed by atoms with van der Waals surface area (Å²) in [5.74, 6) is -0.105. The minimum absolute atomic E-state index is 0.150. The van der Waals surface area contributed by atoms with E-state index >= 15 is 0 Å². The molecule has 2 saturated heterocycles. The quantitative estimate of drug-likeness (QED) is 0.200. The van der Waals surface area contributed by atoms with Crippen LogP contribution in [-0.4, -0.2) is 91.8 Å². The number of rotatable bonds is 9. The van der Waals surface area contributed by atoms with Crippen LogP contribution in [-0.2, 0) is 15.6 Å². The van der Waals surface area contributed by atoms with Gasteiger partial charge in [-0.25, -0.2) is 10.2 Å². The fourth-order valence-electron chi connectivity index (χ4n) is 6.84. The van der Waals surface area contributed by atoms with E-state index in [0.717, 1.165) is 30.5 Å². The van der Waals surface area contributed by atoms with Gasteiger partial charge < -0.3 is 14.5 Å². The molecule has 2 aliphatic rings. The number of amides is 2.